The third-order valence-corrected chi connectivity index (χ3v) is 5.78. The molecular weight excluding hydrogens is 370 g/mol. The largest absolute Gasteiger partial charge is 0.309 e. The van der Waals surface area contributed by atoms with Crippen molar-refractivity contribution in [3.8, 4) is 0 Å². The van der Waals surface area contributed by atoms with Crippen molar-refractivity contribution in [3.05, 3.63) is 41.1 Å². The van der Waals surface area contributed by atoms with Gasteiger partial charge in [-0.25, -0.2) is 0 Å². The first kappa shape index (κ1) is 12.8. The number of rotatable bonds is 3. The monoisotopic (exact) mass is 379 g/mol. The van der Waals surface area contributed by atoms with Crippen molar-refractivity contribution < 1.29 is 0 Å². The molecule has 0 aliphatic heterocycles. The van der Waals surface area contributed by atoms with Gasteiger partial charge in [0.05, 0.1) is 13.6 Å². The summed E-state index contributed by atoms with van der Waals surface area (Å²) in [6, 6.07) is 6.81. The Bertz CT molecular complexity index is 490. The summed E-state index contributed by atoms with van der Waals surface area (Å²) in [7, 11) is 2.00. The van der Waals surface area contributed by atoms with Crippen molar-refractivity contribution in [2.24, 2.45) is 0 Å². The van der Waals surface area contributed by atoms with Gasteiger partial charge in [0.15, 0.2) is 0 Å². The molecule has 1 unspecified atom stereocenters. The molecule has 0 saturated heterocycles. The van der Waals surface area contributed by atoms with E-state index in [-0.39, 0.29) is 6.04 Å². The molecule has 2 heterocycles. The van der Waals surface area contributed by atoms with Crippen LogP contribution in [0.2, 0.25) is 0 Å². The maximum absolute atomic E-state index is 3.62. The van der Waals surface area contributed by atoms with Crippen LogP contribution in [0.25, 0.3) is 0 Å². The lowest BCUT2D eigenvalue weighted by atomic mass is 10.1. The maximum Gasteiger partial charge on any atom is 0.0762 e. The number of nitrogens with one attached hydrogen (secondary N) is 1. The molecule has 0 bridgehead atoms. The van der Waals surface area contributed by atoms with Gasteiger partial charge in [0, 0.05) is 15.3 Å². The Kier molecular flexibility index (Phi) is 4.24. The molecule has 0 aliphatic rings. The van der Waals surface area contributed by atoms with Gasteiger partial charge in [-0.2, -0.15) is 0 Å². The summed E-state index contributed by atoms with van der Waals surface area (Å²) in [5, 5.41) is 3.37. The van der Waals surface area contributed by atoms with Crippen molar-refractivity contribution in [1.82, 2.24) is 5.32 Å². The van der Waals surface area contributed by atoms with Crippen LogP contribution in [0.3, 0.4) is 0 Å². The van der Waals surface area contributed by atoms with Gasteiger partial charge < -0.3 is 5.32 Å². The van der Waals surface area contributed by atoms with Gasteiger partial charge in [-0.05, 0) is 64.0 Å². The first-order valence-electron chi connectivity index (χ1n) is 4.80. The molecular formula is C11H11Br2NS2. The zero-order chi connectivity index (χ0) is 11.7. The molecule has 0 amide bonds. The number of hydrogen-bond acceptors (Lipinski definition) is 3. The molecule has 86 valence electrons. The van der Waals surface area contributed by atoms with Gasteiger partial charge in [-0.15, -0.1) is 22.7 Å². The van der Waals surface area contributed by atoms with Crippen molar-refractivity contribution >= 4 is 54.5 Å². The summed E-state index contributed by atoms with van der Waals surface area (Å²) < 4.78 is 2.34. The van der Waals surface area contributed by atoms with Crippen molar-refractivity contribution in [2.45, 2.75) is 13.0 Å². The van der Waals surface area contributed by atoms with E-state index in [1.54, 1.807) is 11.3 Å². The second-order valence-electron chi connectivity index (χ2n) is 3.45. The van der Waals surface area contributed by atoms with E-state index in [4.69, 9.17) is 0 Å². The van der Waals surface area contributed by atoms with Gasteiger partial charge >= 0.3 is 0 Å². The molecule has 0 radical (unpaired) electrons. The molecule has 0 fully saturated rings. The molecule has 2 rings (SSSR count). The predicted molar refractivity (Wildman–Crippen MR) is 79.7 cm³/mol. The number of hydrogen-bond donors (Lipinski definition) is 1. The molecule has 1 atom stereocenters. The standard InChI is InChI=1S/C11H11Br2NS2/c1-6-3-4-8(15-6)10(14-2)7-5-9(12)16-11(7)13/h3-5,10,14H,1-2H3. The Labute approximate surface area is 120 Å². The topological polar surface area (TPSA) is 12.0 Å². The summed E-state index contributed by atoms with van der Waals surface area (Å²) >= 11 is 10.7. The van der Waals surface area contributed by atoms with Gasteiger partial charge in [0.1, 0.15) is 0 Å². The molecule has 0 spiro atoms. The van der Waals surface area contributed by atoms with Crippen LogP contribution in [0.4, 0.5) is 0 Å². The van der Waals surface area contributed by atoms with Crippen LogP contribution in [-0.2, 0) is 0 Å². The maximum atomic E-state index is 3.62. The fourth-order valence-corrected chi connectivity index (χ4v) is 5.52. The highest BCUT2D eigenvalue weighted by Crippen LogP contribution is 2.39. The third kappa shape index (κ3) is 2.59. The van der Waals surface area contributed by atoms with E-state index in [1.807, 2.05) is 18.4 Å². The highest BCUT2D eigenvalue weighted by atomic mass is 79.9. The quantitative estimate of drug-likeness (QED) is 0.793. The van der Waals surface area contributed by atoms with Crippen molar-refractivity contribution in [1.29, 1.82) is 0 Å². The minimum atomic E-state index is 0.274. The number of aryl methyl sites for hydroxylation is 1. The highest BCUT2D eigenvalue weighted by Gasteiger charge is 2.18. The van der Waals surface area contributed by atoms with E-state index in [0.29, 0.717) is 0 Å². The van der Waals surface area contributed by atoms with Crippen LogP contribution in [0.5, 0.6) is 0 Å². The Hall–Kier alpha value is 0.320. The molecule has 0 aromatic carbocycles. The van der Waals surface area contributed by atoms with Gasteiger partial charge in [-0.3, -0.25) is 0 Å². The van der Waals surface area contributed by atoms with E-state index >= 15 is 0 Å². The summed E-state index contributed by atoms with van der Waals surface area (Å²) in [4.78, 5) is 2.70. The molecule has 0 saturated carbocycles. The average molecular weight is 381 g/mol. The summed E-state index contributed by atoms with van der Waals surface area (Å²) in [5.41, 5.74) is 1.29. The number of halogens is 2. The zero-order valence-corrected chi connectivity index (χ0v) is 13.7. The molecule has 0 aliphatic carbocycles. The number of thiophene rings is 2. The van der Waals surface area contributed by atoms with Crippen LogP contribution < -0.4 is 5.32 Å². The van der Waals surface area contributed by atoms with Crippen LogP contribution in [0.1, 0.15) is 21.4 Å². The minimum absolute atomic E-state index is 0.274. The predicted octanol–water partition coefficient (Wildman–Crippen LogP) is 4.95. The summed E-state index contributed by atoms with van der Waals surface area (Å²) in [5.74, 6) is 0. The van der Waals surface area contributed by atoms with Gasteiger partial charge in [0.25, 0.3) is 0 Å². The van der Waals surface area contributed by atoms with E-state index in [0.717, 1.165) is 3.79 Å². The fraction of sp³-hybridized carbons (Fsp3) is 0.273. The Balaban J connectivity index is 2.40. The van der Waals surface area contributed by atoms with Crippen LogP contribution in [0.15, 0.2) is 25.8 Å². The van der Waals surface area contributed by atoms with Crippen LogP contribution in [-0.4, -0.2) is 7.05 Å². The lowest BCUT2D eigenvalue weighted by molar-refractivity contribution is 0.704. The smallest absolute Gasteiger partial charge is 0.0762 e. The SMILES string of the molecule is CNC(c1ccc(C)s1)c1cc(Br)sc1Br. The zero-order valence-electron chi connectivity index (χ0n) is 8.88. The molecule has 2 aromatic heterocycles. The van der Waals surface area contributed by atoms with Crippen LogP contribution >= 0.6 is 54.5 Å². The third-order valence-electron chi connectivity index (χ3n) is 2.33. The normalized spacial score (nSPS) is 13.0. The van der Waals surface area contributed by atoms with E-state index in [9.17, 15) is 0 Å². The van der Waals surface area contributed by atoms with E-state index in [2.05, 4.69) is 62.3 Å². The Morgan fingerprint density at radius 1 is 1.25 bits per heavy atom. The van der Waals surface area contributed by atoms with Gasteiger partial charge in [-0.1, -0.05) is 0 Å². The molecule has 5 heteroatoms. The molecule has 16 heavy (non-hydrogen) atoms. The highest BCUT2D eigenvalue weighted by molar-refractivity contribution is 9.12. The second kappa shape index (κ2) is 5.31. The van der Waals surface area contributed by atoms with Crippen molar-refractivity contribution in [3.63, 3.8) is 0 Å². The van der Waals surface area contributed by atoms with Gasteiger partial charge in [0.2, 0.25) is 0 Å². The first-order valence-corrected chi connectivity index (χ1v) is 8.02. The lowest BCUT2D eigenvalue weighted by Gasteiger charge is -2.13. The fourth-order valence-electron chi connectivity index (χ4n) is 1.61. The lowest BCUT2D eigenvalue weighted by Crippen LogP contribution is -2.16. The minimum Gasteiger partial charge on any atom is -0.309 e. The van der Waals surface area contributed by atoms with Crippen LogP contribution in [0, 0.1) is 6.92 Å². The molecule has 1 nitrogen and oxygen atoms in total. The Morgan fingerprint density at radius 2 is 2.00 bits per heavy atom. The first-order chi connectivity index (χ1) is 7.61. The van der Waals surface area contributed by atoms with E-state index < -0.39 is 0 Å². The second-order valence-corrected chi connectivity index (χ2v) is 8.52. The summed E-state index contributed by atoms with van der Waals surface area (Å²) in [6.07, 6.45) is 0. The average Bonchev–Trinajstić information content (AvgIpc) is 2.76. The Morgan fingerprint density at radius 3 is 2.44 bits per heavy atom. The molecule has 1 N–H and O–H groups in total. The molecule has 2 aromatic rings. The van der Waals surface area contributed by atoms with Crippen molar-refractivity contribution in [2.75, 3.05) is 7.05 Å². The summed E-state index contributed by atoms with van der Waals surface area (Å²) in [6.45, 7) is 2.14. The van der Waals surface area contributed by atoms with E-state index in [1.165, 1.54) is 19.1 Å².